The summed E-state index contributed by atoms with van der Waals surface area (Å²) in [6, 6.07) is 0. The summed E-state index contributed by atoms with van der Waals surface area (Å²) >= 11 is 0. The molecule has 4 bridgehead atoms. The Morgan fingerprint density at radius 3 is 1.53 bits per heavy atom. The molecule has 0 saturated heterocycles. The summed E-state index contributed by atoms with van der Waals surface area (Å²) in [6.45, 7) is 2.13. The minimum Gasteiger partial charge on any atom is -0.390 e. The molecular formula is C15H16O2. The molecule has 8 fully saturated rings. The first kappa shape index (κ1) is 7.93. The van der Waals surface area contributed by atoms with Crippen LogP contribution < -0.4 is 0 Å². The van der Waals surface area contributed by atoms with Crippen molar-refractivity contribution in [1.82, 2.24) is 0 Å². The van der Waals surface area contributed by atoms with Crippen LogP contribution >= 0.6 is 0 Å². The molecule has 0 amide bonds. The van der Waals surface area contributed by atoms with Gasteiger partial charge >= 0.3 is 0 Å². The number of rotatable bonds is 0. The summed E-state index contributed by atoms with van der Waals surface area (Å²) in [6.07, 6.45) is 0. The van der Waals surface area contributed by atoms with Gasteiger partial charge in [0.15, 0.2) is 0 Å². The van der Waals surface area contributed by atoms with Gasteiger partial charge in [-0.15, -0.1) is 0 Å². The third kappa shape index (κ3) is 0.415. The van der Waals surface area contributed by atoms with Crippen molar-refractivity contribution in [3.8, 4) is 0 Å². The van der Waals surface area contributed by atoms with Gasteiger partial charge in [0.05, 0.1) is 5.60 Å². The van der Waals surface area contributed by atoms with Crippen LogP contribution in [-0.4, -0.2) is 16.5 Å². The monoisotopic (exact) mass is 228 g/mol. The van der Waals surface area contributed by atoms with Crippen LogP contribution in [0.5, 0.6) is 0 Å². The lowest BCUT2D eigenvalue weighted by molar-refractivity contribution is -0.123. The molecule has 8 atom stereocenters. The fraction of sp³-hybridized carbons (Fsp3) is 0.933. The number of carbonyl (C=O) groups excluding carboxylic acids is 1. The lowest BCUT2D eigenvalue weighted by Crippen LogP contribution is -2.34. The topological polar surface area (TPSA) is 37.3 Å². The smallest absolute Gasteiger partial charge is 0.140 e. The average molecular weight is 228 g/mol. The Bertz CT molecular complexity index is 461. The molecule has 17 heavy (non-hydrogen) atoms. The van der Waals surface area contributed by atoms with Gasteiger partial charge < -0.3 is 5.11 Å². The summed E-state index contributed by atoms with van der Waals surface area (Å²) in [4.78, 5) is 12.4. The summed E-state index contributed by atoms with van der Waals surface area (Å²) in [7, 11) is 0. The Labute approximate surface area is 99.8 Å². The van der Waals surface area contributed by atoms with Crippen LogP contribution in [0.25, 0.3) is 0 Å². The summed E-state index contributed by atoms with van der Waals surface area (Å²) in [5.74, 6) is 8.79. The van der Waals surface area contributed by atoms with Crippen LogP contribution in [0.1, 0.15) is 6.92 Å². The van der Waals surface area contributed by atoms with E-state index in [2.05, 4.69) is 6.92 Å². The van der Waals surface area contributed by atoms with Crippen LogP contribution in [0.4, 0.5) is 0 Å². The zero-order chi connectivity index (χ0) is 11.0. The molecule has 0 aliphatic heterocycles. The molecule has 0 spiro atoms. The first-order chi connectivity index (χ1) is 8.15. The van der Waals surface area contributed by atoms with E-state index in [9.17, 15) is 9.90 Å². The summed E-state index contributed by atoms with van der Waals surface area (Å²) < 4.78 is 0. The number of hydrogen-bond donors (Lipinski definition) is 1. The predicted octanol–water partition coefficient (Wildman–Crippen LogP) is 0.796. The Morgan fingerprint density at radius 1 is 0.824 bits per heavy atom. The molecule has 2 heteroatoms. The van der Waals surface area contributed by atoms with E-state index in [0.29, 0.717) is 29.5 Å². The molecule has 0 aromatic carbocycles. The Hall–Kier alpha value is -0.370. The lowest BCUT2D eigenvalue weighted by Gasteiger charge is -2.25. The van der Waals surface area contributed by atoms with Crippen molar-refractivity contribution in [2.45, 2.75) is 12.5 Å². The van der Waals surface area contributed by atoms with Gasteiger partial charge in [-0.2, -0.15) is 0 Å². The second-order valence-electron chi connectivity index (χ2n) is 8.35. The molecule has 8 rings (SSSR count). The van der Waals surface area contributed by atoms with E-state index < -0.39 is 0 Å². The van der Waals surface area contributed by atoms with Crippen molar-refractivity contribution in [1.29, 1.82) is 0 Å². The number of ketones is 1. The Kier molecular flexibility index (Phi) is 0.784. The highest BCUT2D eigenvalue weighted by molar-refractivity contribution is 5.92. The fourth-order valence-electron chi connectivity index (χ4n) is 9.67. The summed E-state index contributed by atoms with van der Waals surface area (Å²) in [5, 5.41) is 10.9. The van der Waals surface area contributed by atoms with Gasteiger partial charge in [-0.25, -0.2) is 0 Å². The first-order valence-corrected chi connectivity index (χ1v) is 7.42. The zero-order valence-electron chi connectivity index (χ0n) is 9.78. The number of aliphatic hydroxyl groups is 1. The molecule has 1 N–H and O–H groups in total. The van der Waals surface area contributed by atoms with E-state index in [1.807, 2.05) is 0 Å². The van der Waals surface area contributed by atoms with Crippen LogP contribution in [-0.2, 0) is 4.79 Å². The number of hydrogen-bond acceptors (Lipinski definition) is 2. The quantitative estimate of drug-likeness (QED) is 0.666. The minimum atomic E-state index is -0.360. The van der Waals surface area contributed by atoms with Crippen LogP contribution in [0.3, 0.4) is 0 Å². The lowest BCUT2D eigenvalue weighted by atomic mass is 9.80. The Balaban J connectivity index is 1.68. The van der Waals surface area contributed by atoms with E-state index in [1.165, 1.54) is 0 Å². The highest BCUT2D eigenvalue weighted by atomic mass is 16.3. The molecule has 8 saturated carbocycles. The fourth-order valence-corrected chi connectivity index (χ4v) is 9.67. The molecule has 8 unspecified atom stereocenters. The van der Waals surface area contributed by atoms with Crippen molar-refractivity contribution in [2.24, 2.45) is 71.0 Å². The maximum atomic E-state index is 12.4. The van der Waals surface area contributed by atoms with Crippen molar-refractivity contribution in [2.75, 3.05) is 0 Å². The standard InChI is InChI=1S/C15H16O2/c1-15(17)12-6-2-3-7(12)9-5-4(8(6)13(9)15)10(2)14(16)11(3)5/h2-13,17H,1H3. The second kappa shape index (κ2) is 1.68. The van der Waals surface area contributed by atoms with E-state index in [4.69, 9.17) is 0 Å². The minimum absolute atomic E-state index is 0.360. The van der Waals surface area contributed by atoms with Crippen LogP contribution in [0.2, 0.25) is 0 Å². The number of Topliss-reactive ketones (excluding diaryl/α,β-unsaturated/α-hetero) is 1. The predicted molar refractivity (Wildman–Crippen MR) is 57.5 cm³/mol. The normalized spacial score (nSPS) is 90.1. The van der Waals surface area contributed by atoms with E-state index in [-0.39, 0.29) is 5.60 Å². The van der Waals surface area contributed by atoms with Crippen LogP contribution in [0, 0.1) is 71.0 Å². The van der Waals surface area contributed by atoms with Gasteiger partial charge in [0, 0.05) is 11.8 Å². The highest BCUT2D eigenvalue weighted by Gasteiger charge is 2.94. The van der Waals surface area contributed by atoms with Crippen molar-refractivity contribution >= 4 is 5.78 Å². The van der Waals surface area contributed by atoms with Crippen molar-refractivity contribution < 1.29 is 9.90 Å². The molecule has 0 aromatic heterocycles. The van der Waals surface area contributed by atoms with Gasteiger partial charge in [-0.05, 0) is 66.1 Å². The first-order valence-electron chi connectivity index (χ1n) is 7.42. The third-order valence-electron chi connectivity index (χ3n) is 8.88. The largest absolute Gasteiger partial charge is 0.390 e. The zero-order valence-corrected chi connectivity index (χ0v) is 9.78. The molecular weight excluding hydrogens is 212 g/mol. The second-order valence-corrected chi connectivity index (χ2v) is 8.35. The molecule has 8 aliphatic carbocycles. The number of carbonyl (C=O) groups is 1. The summed E-state index contributed by atoms with van der Waals surface area (Å²) in [5.41, 5.74) is -0.360. The van der Waals surface area contributed by atoms with Gasteiger partial charge in [-0.1, -0.05) is 0 Å². The molecule has 0 radical (unpaired) electrons. The van der Waals surface area contributed by atoms with Gasteiger partial charge in [-0.3, -0.25) is 4.79 Å². The molecule has 0 heterocycles. The van der Waals surface area contributed by atoms with Crippen molar-refractivity contribution in [3.63, 3.8) is 0 Å². The SMILES string of the molecule is CC1(O)C2C3C4C5C(=O)C6C4C2C2C6C5C3C21. The highest BCUT2D eigenvalue weighted by Crippen LogP contribution is 2.93. The maximum absolute atomic E-state index is 12.4. The van der Waals surface area contributed by atoms with E-state index in [1.54, 1.807) is 0 Å². The van der Waals surface area contributed by atoms with Gasteiger partial charge in [0.1, 0.15) is 5.78 Å². The van der Waals surface area contributed by atoms with E-state index in [0.717, 1.165) is 47.3 Å². The van der Waals surface area contributed by atoms with Crippen molar-refractivity contribution in [3.05, 3.63) is 0 Å². The Morgan fingerprint density at radius 2 is 1.18 bits per heavy atom. The van der Waals surface area contributed by atoms with E-state index >= 15 is 0 Å². The molecule has 2 nitrogen and oxygen atoms in total. The average Bonchev–Trinajstić information content (AvgIpc) is 2.92. The third-order valence-corrected chi connectivity index (χ3v) is 8.88. The maximum Gasteiger partial charge on any atom is 0.140 e. The molecule has 0 aromatic rings. The molecule has 88 valence electrons. The van der Waals surface area contributed by atoms with Gasteiger partial charge in [0.2, 0.25) is 0 Å². The van der Waals surface area contributed by atoms with Gasteiger partial charge in [0.25, 0.3) is 0 Å². The van der Waals surface area contributed by atoms with Crippen LogP contribution in [0.15, 0.2) is 0 Å². The molecule has 8 aliphatic rings.